The molecule has 0 aliphatic carbocycles. The third-order valence-electron chi connectivity index (χ3n) is 3.24. The van der Waals surface area contributed by atoms with Crippen LogP contribution in [0, 0.1) is 0 Å². The number of phenolic OH excluding ortho intramolecular Hbond substituents is 1. The lowest BCUT2D eigenvalue weighted by atomic mass is 10.1. The van der Waals surface area contributed by atoms with E-state index in [1.807, 2.05) is 79.7 Å². The van der Waals surface area contributed by atoms with Gasteiger partial charge in [0.05, 0.1) is 12.9 Å². The molecule has 1 rings (SSSR count). The predicted octanol–water partition coefficient (Wildman–Crippen LogP) is 9.10. The first-order valence-corrected chi connectivity index (χ1v) is 11.1. The quantitative estimate of drug-likeness (QED) is 0.268. The molecule has 0 amide bonds. The largest absolute Gasteiger partial charge is 0.508 e. The fourth-order valence-electron chi connectivity index (χ4n) is 1.56. The second-order valence-electron chi connectivity index (χ2n) is 5.50. The normalized spacial score (nSPS) is 11.0. The molecule has 182 valence electrons. The Hall–Kier alpha value is -2.88. The third-order valence-corrected chi connectivity index (χ3v) is 3.24. The van der Waals surface area contributed by atoms with Gasteiger partial charge >= 0.3 is 0 Å². The summed E-state index contributed by atoms with van der Waals surface area (Å²) in [4.78, 5) is 3.61. The topological polar surface area (TPSA) is 41.8 Å². The van der Waals surface area contributed by atoms with Crippen molar-refractivity contribution in [2.75, 3.05) is 14.2 Å². The Morgan fingerprint density at radius 2 is 1.69 bits per heavy atom. The summed E-state index contributed by atoms with van der Waals surface area (Å²) in [5.41, 5.74) is 2.09. The number of aromatic hydroxyl groups is 1. The Morgan fingerprint density at radius 1 is 1.12 bits per heavy atom. The molecule has 0 aliphatic rings. The highest BCUT2D eigenvalue weighted by atomic mass is 19.1. The fraction of sp³-hybridized carbons (Fsp3) is 0.393. The molecular weight excluding hydrogens is 401 g/mol. The molecule has 1 aromatic rings. The number of halogens is 1. The van der Waals surface area contributed by atoms with Crippen LogP contribution in [0.2, 0.25) is 0 Å². The van der Waals surface area contributed by atoms with Crippen molar-refractivity contribution in [3.63, 3.8) is 0 Å². The number of phenols is 1. The Balaban J connectivity index is -0.000000197. The number of ether oxygens (including phenoxy) is 1. The molecule has 4 heteroatoms. The molecule has 0 aromatic heterocycles. The molecule has 0 aliphatic heterocycles. The highest BCUT2D eigenvalue weighted by molar-refractivity contribution is 5.66. The first kappa shape index (κ1) is 36.5. The zero-order valence-electron chi connectivity index (χ0n) is 21.9. The first-order valence-electron chi connectivity index (χ1n) is 11.1. The average Bonchev–Trinajstić information content (AvgIpc) is 2.84. The summed E-state index contributed by atoms with van der Waals surface area (Å²) in [5.74, 6) is 0.897. The van der Waals surface area contributed by atoms with E-state index in [-0.39, 0.29) is 11.6 Å². The van der Waals surface area contributed by atoms with E-state index in [0.717, 1.165) is 23.3 Å². The van der Waals surface area contributed by atoms with Gasteiger partial charge < -0.3 is 14.8 Å². The van der Waals surface area contributed by atoms with Crippen molar-refractivity contribution in [2.24, 2.45) is 4.99 Å². The maximum atomic E-state index is 12.3. The van der Waals surface area contributed by atoms with Crippen LogP contribution in [0.5, 0.6) is 5.75 Å². The van der Waals surface area contributed by atoms with Crippen LogP contribution in [0.1, 0.15) is 67.4 Å². The summed E-state index contributed by atoms with van der Waals surface area (Å²) in [6.07, 6.45) is 12.4. The molecule has 0 saturated heterocycles. The zero-order chi connectivity index (χ0) is 25.8. The summed E-state index contributed by atoms with van der Waals surface area (Å²) in [5, 5.41) is 9.32. The van der Waals surface area contributed by atoms with Crippen molar-refractivity contribution in [3.05, 3.63) is 84.5 Å². The molecule has 0 spiro atoms. The molecule has 3 nitrogen and oxygen atoms in total. The van der Waals surface area contributed by atoms with Crippen molar-refractivity contribution in [3.8, 4) is 5.75 Å². The van der Waals surface area contributed by atoms with E-state index < -0.39 is 0 Å². The standard InChI is InChI=1S/C13H16O2.C8H11F.C3H7N.2C2H6/c1-10(7-8-11(2)15-3)12-5-4-6-13(14)9-12;1-3-5-7-8(9)6-4-2;1-3-4-2;2*1-2/h4-9,14H,1-3H3;4-7H,2-3H2,1H3;3H,1-2H3;2*1-2H3/b10-7+,11-8+;7-5-,8-6+;;;. The van der Waals surface area contributed by atoms with Crippen molar-refractivity contribution in [1.29, 1.82) is 0 Å². The maximum Gasteiger partial charge on any atom is 0.122 e. The second kappa shape index (κ2) is 30.3. The van der Waals surface area contributed by atoms with Crippen molar-refractivity contribution in [1.82, 2.24) is 0 Å². The molecule has 0 fully saturated rings. The van der Waals surface area contributed by atoms with Crippen molar-refractivity contribution >= 4 is 11.8 Å². The first-order chi connectivity index (χ1) is 15.4. The van der Waals surface area contributed by atoms with Gasteiger partial charge in [0.25, 0.3) is 0 Å². The lowest BCUT2D eigenvalue weighted by Crippen LogP contribution is -1.80. The van der Waals surface area contributed by atoms with Gasteiger partial charge in [0, 0.05) is 7.05 Å². The van der Waals surface area contributed by atoms with Crippen LogP contribution in [-0.2, 0) is 4.74 Å². The van der Waals surface area contributed by atoms with E-state index >= 15 is 0 Å². The van der Waals surface area contributed by atoms with E-state index in [0.29, 0.717) is 0 Å². The van der Waals surface area contributed by atoms with Crippen LogP contribution < -0.4 is 0 Å². The monoisotopic (exact) mass is 447 g/mol. The number of benzene rings is 1. The smallest absolute Gasteiger partial charge is 0.122 e. The van der Waals surface area contributed by atoms with E-state index in [4.69, 9.17) is 4.74 Å². The summed E-state index contributed by atoms with van der Waals surface area (Å²) >= 11 is 0. The van der Waals surface area contributed by atoms with Gasteiger partial charge in [0.1, 0.15) is 11.6 Å². The maximum absolute atomic E-state index is 12.3. The van der Waals surface area contributed by atoms with E-state index in [9.17, 15) is 9.50 Å². The molecule has 0 unspecified atom stereocenters. The molecule has 0 heterocycles. The number of hydrogen-bond donors (Lipinski definition) is 1. The zero-order valence-corrected chi connectivity index (χ0v) is 21.9. The number of methoxy groups -OCH3 is 1. The van der Waals surface area contributed by atoms with Crippen LogP contribution in [0.3, 0.4) is 0 Å². The minimum absolute atomic E-state index is 0.244. The summed E-state index contributed by atoms with van der Waals surface area (Å²) in [6.45, 7) is 19.1. The summed E-state index contributed by atoms with van der Waals surface area (Å²) in [7, 11) is 3.39. The second-order valence-corrected chi connectivity index (χ2v) is 5.50. The molecule has 32 heavy (non-hydrogen) atoms. The van der Waals surface area contributed by atoms with Gasteiger partial charge in [0.15, 0.2) is 0 Å². The molecule has 0 bridgehead atoms. The Kier molecular flexibility index (Phi) is 34.6. The van der Waals surface area contributed by atoms with Gasteiger partial charge in [-0.3, -0.25) is 0 Å². The number of nitrogens with zero attached hydrogens (tertiary/aromatic N) is 1. The minimum atomic E-state index is -0.244. The Bertz CT molecular complexity index is 695. The van der Waals surface area contributed by atoms with Crippen LogP contribution in [-0.4, -0.2) is 25.5 Å². The summed E-state index contributed by atoms with van der Waals surface area (Å²) in [6, 6.07) is 7.19. The van der Waals surface area contributed by atoms with Gasteiger partial charge in [-0.25, -0.2) is 4.39 Å². The molecule has 0 radical (unpaired) electrons. The van der Waals surface area contributed by atoms with Gasteiger partial charge in [-0.15, -0.1) is 0 Å². The van der Waals surface area contributed by atoms with Crippen LogP contribution >= 0.6 is 0 Å². The Labute approximate surface area is 197 Å². The third kappa shape index (κ3) is 27.1. The number of allylic oxidation sites excluding steroid dienone is 9. The van der Waals surface area contributed by atoms with E-state index in [1.165, 1.54) is 18.2 Å². The summed E-state index contributed by atoms with van der Waals surface area (Å²) < 4.78 is 17.3. The lowest BCUT2D eigenvalue weighted by molar-refractivity contribution is 0.294. The Morgan fingerprint density at radius 3 is 2.09 bits per heavy atom. The number of hydrogen-bond acceptors (Lipinski definition) is 3. The van der Waals surface area contributed by atoms with Gasteiger partial charge in [0.2, 0.25) is 0 Å². The highest BCUT2D eigenvalue weighted by Crippen LogP contribution is 2.18. The minimum Gasteiger partial charge on any atom is -0.508 e. The lowest BCUT2D eigenvalue weighted by Gasteiger charge is -2.01. The fourth-order valence-corrected chi connectivity index (χ4v) is 1.56. The van der Waals surface area contributed by atoms with Crippen LogP contribution in [0.25, 0.3) is 5.57 Å². The number of rotatable bonds is 6. The molecule has 0 saturated carbocycles. The average molecular weight is 448 g/mol. The predicted molar refractivity (Wildman–Crippen MR) is 144 cm³/mol. The van der Waals surface area contributed by atoms with Gasteiger partial charge in [-0.1, -0.05) is 71.6 Å². The molecule has 0 atom stereocenters. The van der Waals surface area contributed by atoms with Crippen LogP contribution in [0.4, 0.5) is 4.39 Å². The van der Waals surface area contributed by atoms with E-state index in [1.54, 1.807) is 38.6 Å². The number of aliphatic imine (C=N–C) groups is 1. The van der Waals surface area contributed by atoms with E-state index in [2.05, 4.69) is 11.6 Å². The molecule has 1 N–H and O–H groups in total. The van der Waals surface area contributed by atoms with Crippen molar-refractivity contribution in [2.45, 2.75) is 61.8 Å². The van der Waals surface area contributed by atoms with Crippen molar-refractivity contribution < 1.29 is 14.2 Å². The van der Waals surface area contributed by atoms with Gasteiger partial charge in [-0.2, -0.15) is 0 Å². The van der Waals surface area contributed by atoms with Gasteiger partial charge in [-0.05, 0) is 74.9 Å². The van der Waals surface area contributed by atoms with Crippen LogP contribution in [0.15, 0.2) is 83.9 Å². The highest BCUT2D eigenvalue weighted by Gasteiger charge is 1.95. The SMILES string of the molecule is C=C/C=C(F)\C=C/CC.CC.CC.CC=NC.CO/C(C)=C/C=C(\C)c1cccc(O)c1. The molecule has 1 aromatic carbocycles. The molecular formula is C28H46FNO2.